The van der Waals surface area contributed by atoms with Crippen molar-refractivity contribution in [2.75, 3.05) is 0 Å². The number of hydrogen-bond donors (Lipinski definition) is 1. The van der Waals surface area contributed by atoms with E-state index in [-0.39, 0.29) is 5.57 Å². The maximum Gasteiger partial charge on any atom is 0.255 e. The van der Waals surface area contributed by atoms with Crippen LogP contribution in [0.4, 0.5) is 0 Å². The zero-order valence-electron chi connectivity index (χ0n) is 6.02. The SMILES string of the molecule is CCCCC(=C=O)C(N)=O. The standard InChI is InChI=1S/C7H11NO2/c1-2-3-4-6(5-9)7(8)10/h2-4H2,1H3,(H2,8,10). The van der Waals surface area contributed by atoms with Crippen LogP contribution in [0.1, 0.15) is 26.2 Å². The van der Waals surface area contributed by atoms with E-state index in [1.807, 2.05) is 6.92 Å². The Balaban J connectivity index is 3.87. The van der Waals surface area contributed by atoms with Gasteiger partial charge in [-0.15, -0.1) is 0 Å². The van der Waals surface area contributed by atoms with Gasteiger partial charge >= 0.3 is 0 Å². The number of nitrogens with two attached hydrogens (primary N) is 1. The van der Waals surface area contributed by atoms with Crippen molar-refractivity contribution in [1.29, 1.82) is 0 Å². The van der Waals surface area contributed by atoms with Crippen LogP contribution in [0.2, 0.25) is 0 Å². The van der Waals surface area contributed by atoms with Crippen LogP contribution in [-0.2, 0) is 9.59 Å². The molecular weight excluding hydrogens is 130 g/mol. The average molecular weight is 141 g/mol. The molecule has 1 amide bonds. The molecule has 3 nitrogen and oxygen atoms in total. The number of carbonyl (C=O) groups excluding carboxylic acids is 2. The molecule has 0 saturated carbocycles. The summed E-state index contributed by atoms with van der Waals surface area (Å²) in [5.41, 5.74) is 4.92. The molecule has 2 N–H and O–H groups in total. The monoisotopic (exact) mass is 141 g/mol. The first-order valence-corrected chi connectivity index (χ1v) is 3.26. The summed E-state index contributed by atoms with van der Waals surface area (Å²) < 4.78 is 0. The lowest BCUT2D eigenvalue weighted by Gasteiger charge is -1.93. The molecule has 10 heavy (non-hydrogen) atoms. The minimum absolute atomic E-state index is 0.0712. The maximum absolute atomic E-state index is 10.4. The van der Waals surface area contributed by atoms with E-state index in [1.54, 1.807) is 0 Å². The van der Waals surface area contributed by atoms with Crippen LogP contribution in [-0.4, -0.2) is 11.8 Å². The predicted molar refractivity (Wildman–Crippen MR) is 37.9 cm³/mol. The molecule has 0 radical (unpaired) electrons. The Bertz CT molecular complexity index is 168. The van der Waals surface area contributed by atoms with Crippen LogP contribution >= 0.6 is 0 Å². The van der Waals surface area contributed by atoms with Gasteiger partial charge in [0.2, 0.25) is 0 Å². The number of primary amides is 1. The third kappa shape index (κ3) is 3.05. The van der Waals surface area contributed by atoms with Crippen molar-refractivity contribution < 1.29 is 9.59 Å². The van der Waals surface area contributed by atoms with E-state index >= 15 is 0 Å². The fraction of sp³-hybridized carbons (Fsp3) is 0.571. The first-order valence-electron chi connectivity index (χ1n) is 3.26. The van der Waals surface area contributed by atoms with E-state index in [0.29, 0.717) is 6.42 Å². The third-order valence-corrected chi connectivity index (χ3v) is 1.20. The van der Waals surface area contributed by atoms with Gasteiger partial charge in [0.1, 0.15) is 11.5 Å². The quantitative estimate of drug-likeness (QED) is 0.455. The summed E-state index contributed by atoms with van der Waals surface area (Å²) in [4.78, 5) is 20.3. The highest BCUT2D eigenvalue weighted by molar-refractivity contribution is 5.99. The largest absolute Gasteiger partial charge is 0.365 e. The normalized spacial score (nSPS) is 8.50. The first kappa shape index (κ1) is 8.92. The first-order chi connectivity index (χ1) is 4.72. The van der Waals surface area contributed by atoms with Gasteiger partial charge in [-0.2, -0.15) is 0 Å². The molecule has 0 aromatic carbocycles. The lowest BCUT2D eigenvalue weighted by molar-refractivity contribution is -0.114. The second-order valence-corrected chi connectivity index (χ2v) is 2.05. The maximum atomic E-state index is 10.4. The molecular formula is C7H11NO2. The molecule has 56 valence electrons. The Hall–Kier alpha value is -1.08. The highest BCUT2D eigenvalue weighted by atomic mass is 16.1. The zero-order chi connectivity index (χ0) is 7.98. The summed E-state index contributed by atoms with van der Waals surface area (Å²) in [5.74, 6) is 0.879. The van der Waals surface area contributed by atoms with Crippen LogP contribution < -0.4 is 5.73 Å². The highest BCUT2D eigenvalue weighted by Crippen LogP contribution is 2.01. The van der Waals surface area contributed by atoms with Gasteiger partial charge < -0.3 is 5.73 Å². The van der Waals surface area contributed by atoms with Crippen LogP contribution in [0.3, 0.4) is 0 Å². The molecule has 0 fully saturated rings. The Morgan fingerprint density at radius 1 is 1.60 bits per heavy atom. The molecule has 0 rings (SSSR count). The van der Waals surface area contributed by atoms with E-state index in [2.05, 4.69) is 0 Å². The molecule has 0 aliphatic rings. The zero-order valence-corrected chi connectivity index (χ0v) is 6.02. The van der Waals surface area contributed by atoms with Gasteiger partial charge in [0, 0.05) is 0 Å². The molecule has 0 aliphatic carbocycles. The predicted octanol–water partition coefficient (Wildman–Crippen LogP) is 0.420. The second-order valence-electron chi connectivity index (χ2n) is 2.05. The molecule has 0 aromatic heterocycles. The van der Waals surface area contributed by atoms with Crippen molar-refractivity contribution in [3.8, 4) is 0 Å². The van der Waals surface area contributed by atoms with Crippen molar-refractivity contribution in [1.82, 2.24) is 0 Å². The average Bonchev–Trinajstić information content (AvgIpc) is 1.89. The van der Waals surface area contributed by atoms with Gasteiger partial charge in [-0.1, -0.05) is 13.3 Å². The van der Waals surface area contributed by atoms with Crippen LogP contribution in [0.25, 0.3) is 0 Å². The van der Waals surface area contributed by atoms with Gasteiger partial charge in [-0.3, -0.25) is 4.79 Å². The minimum atomic E-state index is -0.650. The lowest BCUT2D eigenvalue weighted by Crippen LogP contribution is -2.14. The third-order valence-electron chi connectivity index (χ3n) is 1.20. The van der Waals surface area contributed by atoms with Crippen LogP contribution in [0, 0.1) is 0 Å². The Morgan fingerprint density at radius 2 is 2.20 bits per heavy atom. The molecule has 0 aromatic rings. The summed E-state index contributed by atoms with van der Waals surface area (Å²) >= 11 is 0. The molecule has 3 heteroatoms. The van der Waals surface area contributed by atoms with Crippen molar-refractivity contribution >= 4 is 11.8 Å². The van der Waals surface area contributed by atoms with E-state index in [9.17, 15) is 9.59 Å². The summed E-state index contributed by atoms with van der Waals surface area (Å²) in [7, 11) is 0. The van der Waals surface area contributed by atoms with Crippen molar-refractivity contribution in [3.05, 3.63) is 5.57 Å². The molecule has 0 saturated heterocycles. The fourth-order valence-electron chi connectivity index (χ4n) is 0.578. The number of hydrogen-bond acceptors (Lipinski definition) is 2. The van der Waals surface area contributed by atoms with Gasteiger partial charge in [0.15, 0.2) is 0 Å². The van der Waals surface area contributed by atoms with E-state index < -0.39 is 5.91 Å². The molecule has 0 aliphatic heterocycles. The number of unbranched alkanes of at least 4 members (excludes halogenated alkanes) is 1. The number of carbonyl (C=O) groups is 1. The molecule has 0 atom stereocenters. The van der Waals surface area contributed by atoms with Gasteiger partial charge in [0.05, 0.1) is 0 Å². The van der Waals surface area contributed by atoms with Gasteiger partial charge in [-0.25, -0.2) is 4.79 Å². The van der Waals surface area contributed by atoms with Crippen LogP contribution in [0.15, 0.2) is 5.57 Å². The van der Waals surface area contributed by atoms with Crippen molar-refractivity contribution in [2.24, 2.45) is 5.73 Å². The number of amides is 1. The van der Waals surface area contributed by atoms with E-state index in [4.69, 9.17) is 5.73 Å². The summed E-state index contributed by atoms with van der Waals surface area (Å²) in [6.45, 7) is 1.98. The Morgan fingerprint density at radius 3 is 2.50 bits per heavy atom. The molecule has 0 unspecified atom stereocenters. The second kappa shape index (κ2) is 4.77. The van der Waals surface area contributed by atoms with Crippen molar-refractivity contribution in [3.63, 3.8) is 0 Å². The smallest absolute Gasteiger partial charge is 0.255 e. The van der Waals surface area contributed by atoms with Gasteiger partial charge in [0.25, 0.3) is 5.91 Å². The fourth-order valence-corrected chi connectivity index (χ4v) is 0.578. The topological polar surface area (TPSA) is 60.2 Å². The van der Waals surface area contributed by atoms with Crippen LogP contribution in [0.5, 0.6) is 0 Å². The summed E-state index contributed by atoms with van der Waals surface area (Å²) in [6, 6.07) is 0. The molecule has 0 bridgehead atoms. The lowest BCUT2D eigenvalue weighted by atomic mass is 10.1. The van der Waals surface area contributed by atoms with E-state index in [0.717, 1.165) is 12.8 Å². The summed E-state index contributed by atoms with van der Waals surface area (Å²) in [5, 5.41) is 0. The minimum Gasteiger partial charge on any atom is -0.365 e. The summed E-state index contributed by atoms with van der Waals surface area (Å²) in [6.07, 6.45) is 2.21. The van der Waals surface area contributed by atoms with Gasteiger partial charge in [-0.05, 0) is 12.8 Å². The number of rotatable bonds is 4. The molecule has 0 heterocycles. The highest BCUT2D eigenvalue weighted by Gasteiger charge is 2.03. The Labute approximate surface area is 59.9 Å². The van der Waals surface area contributed by atoms with E-state index in [1.165, 1.54) is 5.94 Å². The Kier molecular flexibility index (Phi) is 4.25. The molecule has 0 spiro atoms. The van der Waals surface area contributed by atoms with Crippen molar-refractivity contribution in [2.45, 2.75) is 26.2 Å².